The standard InChI is InChI=1S/C26H40O21/c1-38-21-11(6-40-8-13(27)28)45-26(19(35)15(21)31)46-22-10(4-3-5-42-37)43-25(20(36)17(22)33)47-23-12(7-41-9-14(29)30)44-24(39-2)18(34)16(23)32/h10-12,15-26,31-37H,5-9H2,1-2H3,(H,27,28)(H,29,30)/t10-,11?,12?,15+,16+,17?,18-,19-,20?,21+,22+,23+,24?,25-,26?/m0/s1. The molecule has 0 amide bonds. The van der Waals surface area contributed by atoms with Gasteiger partial charge in [-0.3, -0.25) is 5.26 Å². The summed E-state index contributed by atoms with van der Waals surface area (Å²) in [5.41, 5.74) is 0. The SMILES string of the molecule is COC1OC(COCC(=O)O)[C@@H](O[C@@H]2O[C@@H](C#CCOO)[C@@H](OC3OC(COCC(=O)O)[C@@H](OC)[C@H](O)[C@@H]3O)C(O)C2O)[C@H](O)[C@@H]1O. The highest BCUT2D eigenvalue weighted by molar-refractivity contribution is 5.68. The predicted octanol–water partition coefficient (Wildman–Crippen LogP) is -5.55. The van der Waals surface area contributed by atoms with Crippen LogP contribution in [0.3, 0.4) is 0 Å². The average molecular weight is 689 g/mol. The third-order valence-corrected chi connectivity index (χ3v) is 7.31. The first-order chi connectivity index (χ1) is 22.3. The van der Waals surface area contributed by atoms with Gasteiger partial charge in [-0.25, -0.2) is 14.5 Å². The van der Waals surface area contributed by atoms with Crippen molar-refractivity contribution in [3.8, 4) is 11.8 Å². The largest absolute Gasteiger partial charge is 0.480 e. The molecule has 0 spiro atoms. The lowest BCUT2D eigenvalue weighted by molar-refractivity contribution is -0.372. The fraction of sp³-hybridized carbons (Fsp3) is 0.846. The van der Waals surface area contributed by atoms with Crippen LogP contribution in [0.4, 0.5) is 0 Å². The summed E-state index contributed by atoms with van der Waals surface area (Å²) < 4.78 is 48.6. The Kier molecular flexibility index (Phi) is 15.5. The van der Waals surface area contributed by atoms with E-state index in [9.17, 15) is 40.2 Å². The molecule has 15 atom stereocenters. The van der Waals surface area contributed by atoms with Crippen molar-refractivity contribution in [3.63, 3.8) is 0 Å². The zero-order chi connectivity index (χ0) is 34.8. The van der Waals surface area contributed by atoms with Gasteiger partial charge in [-0.05, 0) is 0 Å². The minimum atomic E-state index is -2.00. The van der Waals surface area contributed by atoms with Gasteiger partial charge in [-0.15, -0.1) is 0 Å². The van der Waals surface area contributed by atoms with Crippen molar-refractivity contribution in [2.24, 2.45) is 0 Å². The number of hydrogen-bond acceptors (Lipinski definition) is 19. The van der Waals surface area contributed by atoms with E-state index in [0.29, 0.717) is 0 Å². The van der Waals surface area contributed by atoms with Gasteiger partial charge < -0.3 is 83.5 Å². The number of carboxylic acid groups (broad SMARTS) is 2. The Morgan fingerprint density at radius 1 is 0.638 bits per heavy atom. The maximum absolute atomic E-state index is 11.1. The number of hydrogen-bond donors (Lipinski definition) is 9. The van der Waals surface area contributed by atoms with E-state index in [1.165, 1.54) is 14.2 Å². The van der Waals surface area contributed by atoms with E-state index in [-0.39, 0.29) is 0 Å². The molecule has 270 valence electrons. The monoisotopic (exact) mass is 688 g/mol. The van der Waals surface area contributed by atoms with Crippen LogP contribution in [-0.4, -0.2) is 197 Å². The summed E-state index contributed by atoms with van der Waals surface area (Å²) in [6.07, 6.45) is -24.4. The van der Waals surface area contributed by atoms with Crippen molar-refractivity contribution in [3.05, 3.63) is 0 Å². The number of ether oxygens (including phenoxy) is 9. The highest BCUT2D eigenvalue weighted by atomic mass is 17.1. The van der Waals surface area contributed by atoms with Gasteiger partial charge in [0.15, 0.2) is 18.9 Å². The van der Waals surface area contributed by atoms with E-state index in [1.54, 1.807) is 0 Å². The van der Waals surface area contributed by atoms with Crippen LogP contribution >= 0.6 is 0 Å². The van der Waals surface area contributed by atoms with Crippen LogP contribution in [0.2, 0.25) is 0 Å². The van der Waals surface area contributed by atoms with Crippen molar-refractivity contribution in [2.75, 3.05) is 47.3 Å². The predicted molar refractivity (Wildman–Crippen MR) is 143 cm³/mol. The normalized spacial score (nSPS) is 40.7. The van der Waals surface area contributed by atoms with Crippen molar-refractivity contribution < 1.29 is 103 Å². The van der Waals surface area contributed by atoms with Gasteiger partial charge in [-0.2, -0.15) is 0 Å². The van der Waals surface area contributed by atoms with Crippen molar-refractivity contribution >= 4 is 11.9 Å². The number of methoxy groups -OCH3 is 2. The van der Waals surface area contributed by atoms with Gasteiger partial charge in [0.25, 0.3) is 0 Å². The molecule has 6 unspecified atom stereocenters. The van der Waals surface area contributed by atoms with Crippen molar-refractivity contribution in [2.45, 2.75) is 92.1 Å². The molecule has 0 aromatic carbocycles. The molecule has 3 fully saturated rings. The number of carbonyl (C=O) groups is 2. The fourth-order valence-corrected chi connectivity index (χ4v) is 5.07. The van der Waals surface area contributed by atoms with Crippen molar-refractivity contribution in [1.82, 2.24) is 0 Å². The Bertz CT molecular complexity index is 1050. The third kappa shape index (κ3) is 10.2. The van der Waals surface area contributed by atoms with Gasteiger partial charge in [0.05, 0.1) is 13.2 Å². The maximum atomic E-state index is 11.1. The summed E-state index contributed by atoms with van der Waals surface area (Å²) in [6.45, 7) is -2.95. The van der Waals surface area contributed by atoms with Crippen LogP contribution < -0.4 is 0 Å². The Hall–Kier alpha value is -2.18. The Balaban J connectivity index is 1.82. The van der Waals surface area contributed by atoms with E-state index in [0.717, 1.165) is 0 Å². The molecular formula is C26H40O21. The minimum Gasteiger partial charge on any atom is -0.480 e. The summed E-state index contributed by atoms with van der Waals surface area (Å²) in [5, 5.41) is 91.2. The molecule has 0 aliphatic carbocycles. The second-order valence-electron chi connectivity index (χ2n) is 10.5. The summed E-state index contributed by atoms with van der Waals surface area (Å²) in [5.74, 6) is 2.24. The van der Waals surface area contributed by atoms with Crippen LogP contribution in [0.1, 0.15) is 0 Å². The summed E-state index contributed by atoms with van der Waals surface area (Å²) in [7, 11) is 2.37. The first-order valence-electron chi connectivity index (χ1n) is 14.1. The topological polar surface area (TPSA) is 309 Å². The number of carboxylic acids is 2. The number of aliphatic carboxylic acids is 2. The van der Waals surface area contributed by atoms with Crippen LogP contribution in [0.15, 0.2) is 0 Å². The molecule has 21 nitrogen and oxygen atoms in total. The molecule has 3 rings (SSSR count). The number of aliphatic hydroxyl groups is 6. The van der Waals surface area contributed by atoms with Gasteiger partial charge >= 0.3 is 11.9 Å². The zero-order valence-corrected chi connectivity index (χ0v) is 25.1. The van der Waals surface area contributed by atoms with E-state index < -0.39 is 137 Å². The highest BCUT2D eigenvalue weighted by Gasteiger charge is 2.53. The molecule has 3 aliphatic heterocycles. The summed E-state index contributed by atoms with van der Waals surface area (Å²) >= 11 is 0. The number of rotatable bonds is 15. The van der Waals surface area contributed by atoms with E-state index in [1.807, 2.05) is 0 Å². The quantitative estimate of drug-likeness (QED) is 0.0440. The van der Waals surface area contributed by atoms with Crippen LogP contribution in [0, 0.1) is 11.8 Å². The molecular weight excluding hydrogens is 648 g/mol. The van der Waals surface area contributed by atoms with Crippen molar-refractivity contribution in [1.29, 1.82) is 0 Å². The summed E-state index contributed by atoms with van der Waals surface area (Å²) in [6, 6.07) is 0. The van der Waals surface area contributed by atoms with E-state index in [4.69, 9.17) is 58.1 Å². The Labute approximate surface area is 266 Å². The van der Waals surface area contributed by atoms with E-state index >= 15 is 0 Å². The molecule has 0 saturated carbocycles. The first kappa shape index (κ1) is 39.3. The lowest BCUT2D eigenvalue weighted by atomic mass is 9.96. The molecule has 9 N–H and O–H groups in total. The van der Waals surface area contributed by atoms with Gasteiger partial charge in [0.2, 0.25) is 0 Å². The lowest BCUT2D eigenvalue weighted by Crippen LogP contribution is -2.66. The molecule has 3 saturated heterocycles. The molecule has 0 bridgehead atoms. The Morgan fingerprint density at radius 2 is 1.11 bits per heavy atom. The lowest BCUT2D eigenvalue weighted by Gasteiger charge is -2.47. The van der Waals surface area contributed by atoms with Crippen LogP contribution in [-0.2, 0) is 57.1 Å². The van der Waals surface area contributed by atoms with Gasteiger partial charge in [-0.1, -0.05) is 11.8 Å². The molecule has 0 aromatic rings. The smallest absolute Gasteiger partial charge is 0.329 e. The third-order valence-electron chi connectivity index (χ3n) is 7.31. The van der Waals surface area contributed by atoms with Gasteiger partial charge in [0, 0.05) is 14.2 Å². The molecule has 3 aliphatic rings. The molecule has 0 radical (unpaired) electrons. The first-order valence-corrected chi connectivity index (χ1v) is 14.1. The minimum absolute atomic E-state index is 0.424. The molecule has 3 heterocycles. The molecule has 21 heteroatoms. The second kappa shape index (κ2) is 18.5. The van der Waals surface area contributed by atoms with E-state index in [2.05, 4.69) is 16.7 Å². The van der Waals surface area contributed by atoms with Crippen LogP contribution in [0.5, 0.6) is 0 Å². The zero-order valence-electron chi connectivity index (χ0n) is 25.1. The average Bonchev–Trinajstić information content (AvgIpc) is 3.02. The summed E-state index contributed by atoms with van der Waals surface area (Å²) in [4.78, 5) is 25.7. The highest BCUT2D eigenvalue weighted by Crippen LogP contribution is 2.33. The Morgan fingerprint density at radius 3 is 1.64 bits per heavy atom. The van der Waals surface area contributed by atoms with Gasteiger partial charge in [0.1, 0.15) is 93.1 Å². The number of aliphatic hydroxyl groups excluding tert-OH is 6. The van der Waals surface area contributed by atoms with Crippen LogP contribution in [0.25, 0.3) is 0 Å². The molecule has 47 heavy (non-hydrogen) atoms. The fourth-order valence-electron chi connectivity index (χ4n) is 5.07. The second-order valence-corrected chi connectivity index (χ2v) is 10.5. The molecule has 0 aromatic heterocycles. The maximum Gasteiger partial charge on any atom is 0.329 e.